The van der Waals surface area contributed by atoms with E-state index in [1.54, 1.807) is 0 Å². The fourth-order valence-corrected chi connectivity index (χ4v) is 1.61. The summed E-state index contributed by atoms with van der Waals surface area (Å²) >= 11 is 0. The lowest BCUT2D eigenvalue weighted by Gasteiger charge is -2.22. The van der Waals surface area contributed by atoms with Crippen LogP contribution < -0.4 is 5.32 Å². The van der Waals surface area contributed by atoms with E-state index in [1.165, 1.54) is 38.9 Å². The Balaban J connectivity index is 3.46. The molecule has 0 bridgehead atoms. The first-order valence-electron chi connectivity index (χ1n) is 6.20. The van der Waals surface area contributed by atoms with Gasteiger partial charge < -0.3 is 10.2 Å². The van der Waals surface area contributed by atoms with Crippen molar-refractivity contribution in [1.29, 1.82) is 0 Å². The standard InChI is InChI=1S/C12H28N2/c1-5-9-13-12(4)8-11-14(7-3)10-6-2/h12-13H,5-11H2,1-4H3. The van der Waals surface area contributed by atoms with E-state index in [2.05, 4.69) is 37.9 Å². The number of nitrogens with zero attached hydrogens (tertiary/aromatic N) is 1. The van der Waals surface area contributed by atoms with Crippen LogP contribution in [0, 0.1) is 0 Å². The van der Waals surface area contributed by atoms with Crippen molar-refractivity contribution in [1.82, 2.24) is 10.2 Å². The molecule has 0 amide bonds. The zero-order valence-electron chi connectivity index (χ0n) is 10.5. The maximum Gasteiger partial charge on any atom is 0.00508 e. The monoisotopic (exact) mass is 200 g/mol. The van der Waals surface area contributed by atoms with Gasteiger partial charge in [-0.25, -0.2) is 0 Å². The third-order valence-corrected chi connectivity index (χ3v) is 2.61. The van der Waals surface area contributed by atoms with Crippen LogP contribution in [0.25, 0.3) is 0 Å². The zero-order valence-corrected chi connectivity index (χ0v) is 10.5. The Labute approximate surface area is 90.1 Å². The van der Waals surface area contributed by atoms with Gasteiger partial charge in [0.25, 0.3) is 0 Å². The summed E-state index contributed by atoms with van der Waals surface area (Å²) in [4.78, 5) is 2.53. The highest BCUT2D eigenvalue weighted by Gasteiger charge is 2.04. The van der Waals surface area contributed by atoms with E-state index in [0.29, 0.717) is 6.04 Å². The summed E-state index contributed by atoms with van der Waals surface area (Å²) in [7, 11) is 0. The highest BCUT2D eigenvalue weighted by atomic mass is 15.1. The molecule has 2 nitrogen and oxygen atoms in total. The summed E-state index contributed by atoms with van der Waals surface area (Å²) in [6.45, 7) is 13.8. The molecule has 1 N–H and O–H groups in total. The minimum Gasteiger partial charge on any atom is -0.314 e. The van der Waals surface area contributed by atoms with Gasteiger partial charge in [-0.3, -0.25) is 0 Å². The van der Waals surface area contributed by atoms with Crippen molar-refractivity contribution in [3.8, 4) is 0 Å². The third-order valence-electron chi connectivity index (χ3n) is 2.61. The molecule has 0 saturated carbocycles. The Morgan fingerprint density at radius 2 is 1.79 bits per heavy atom. The van der Waals surface area contributed by atoms with Gasteiger partial charge in [0.05, 0.1) is 0 Å². The molecule has 0 spiro atoms. The predicted molar refractivity (Wildman–Crippen MR) is 64.8 cm³/mol. The minimum absolute atomic E-state index is 0.667. The molecule has 1 atom stereocenters. The van der Waals surface area contributed by atoms with Gasteiger partial charge >= 0.3 is 0 Å². The topological polar surface area (TPSA) is 15.3 Å². The Morgan fingerprint density at radius 1 is 1.07 bits per heavy atom. The molecule has 0 aromatic rings. The van der Waals surface area contributed by atoms with Gasteiger partial charge in [0.2, 0.25) is 0 Å². The molecule has 0 aliphatic rings. The summed E-state index contributed by atoms with van der Waals surface area (Å²) in [5, 5.41) is 3.53. The third kappa shape index (κ3) is 7.34. The van der Waals surface area contributed by atoms with Gasteiger partial charge in [0, 0.05) is 6.04 Å². The van der Waals surface area contributed by atoms with E-state index in [4.69, 9.17) is 0 Å². The summed E-state index contributed by atoms with van der Waals surface area (Å²) in [5.74, 6) is 0. The number of hydrogen-bond donors (Lipinski definition) is 1. The number of hydrogen-bond acceptors (Lipinski definition) is 2. The molecule has 0 aliphatic heterocycles. The quantitative estimate of drug-likeness (QED) is 0.615. The van der Waals surface area contributed by atoms with Crippen molar-refractivity contribution >= 4 is 0 Å². The number of nitrogens with one attached hydrogen (secondary N) is 1. The average molecular weight is 200 g/mol. The molecular formula is C12H28N2. The fourth-order valence-electron chi connectivity index (χ4n) is 1.61. The zero-order chi connectivity index (χ0) is 10.8. The molecule has 2 heteroatoms. The van der Waals surface area contributed by atoms with Gasteiger partial charge in [-0.1, -0.05) is 20.8 Å². The summed E-state index contributed by atoms with van der Waals surface area (Å²) in [5.41, 5.74) is 0. The first-order chi connectivity index (χ1) is 6.74. The molecule has 86 valence electrons. The second kappa shape index (κ2) is 9.47. The fraction of sp³-hybridized carbons (Fsp3) is 1.00. The maximum atomic E-state index is 3.53. The van der Waals surface area contributed by atoms with Gasteiger partial charge in [-0.2, -0.15) is 0 Å². The highest BCUT2D eigenvalue weighted by Crippen LogP contribution is 1.97. The van der Waals surface area contributed by atoms with Crippen LogP contribution in [0.1, 0.15) is 47.0 Å². The minimum atomic E-state index is 0.667. The maximum absolute atomic E-state index is 3.53. The van der Waals surface area contributed by atoms with Gasteiger partial charge in [-0.15, -0.1) is 0 Å². The molecule has 14 heavy (non-hydrogen) atoms. The SMILES string of the molecule is CCCNC(C)CCN(CC)CCC. The van der Waals surface area contributed by atoms with Crippen LogP contribution in [-0.4, -0.2) is 37.1 Å². The van der Waals surface area contributed by atoms with E-state index in [-0.39, 0.29) is 0 Å². The van der Waals surface area contributed by atoms with E-state index in [0.717, 1.165) is 6.54 Å². The van der Waals surface area contributed by atoms with Gasteiger partial charge in [0.1, 0.15) is 0 Å². The number of rotatable bonds is 9. The Kier molecular flexibility index (Phi) is 9.42. The largest absolute Gasteiger partial charge is 0.314 e. The molecular weight excluding hydrogens is 172 g/mol. The van der Waals surface area contributed by atoms with Crippen LogP contribution >= 0.6 is 0 Å². The molecule has 0 heterocycles. The van der Waals surface area contributed by atoms with Crippen LogP contribution in [0.15, 0.2) is 0 Å². The summed E-state index contributed by atoms with van der Waals surface area (Å²) in [6.07, 6.45) is 3.77. The molecule has 0 saturated heterocycles. The molecule has 0 radical (unpaired) electrons. The van der Waals surface area contributed by atoms with Crippen LogP contribution in [0.2, 0.25) is 0 Å². The normalized spacial score (nSPS) is 13.5. The van der Waals surface area contributed by atoms with E-state index in [1.807, 2.05) is 0 Å². The Morgan fingerprint density at radius 3 is 2.29 bits per heavy atom. The average Bonchev–Trinajstić information content (AvgIpc) is 2.21. The van der Waals surface area contributed by atoms with E-state index < -0.39 is 0 Å². The van der Waals surface area contributed by atoms with Crippen LogP contribution in [0.5, 0.6) is 0 Å². The molecule has 0 aromatic carbocycles. The lowest BCUT2D eigenvalue weighted by atomic mass is 10.2. The lowest BCUT2D eigenvalue weighted by molar-refractivity contribution is 0.272. The first kappa shape index (κ1) is 13.9. The second-order valence-electron chi connectivity index (χ2n) is 4.08. The molecule has 1 unspecified atom stereocenters. The Hall–Kier alpha value is -0.0800. The van der Waals surface area contributed by atoms with E-state index >= 15 is 0 Å². The van der Waals surface area contributed by atoms with Crippen LogP contribution in [-0.2, 0) is 0 Å². The Bertz CT molecular complexity index is 115. The molecule has 0 fully saturated rings. The second-order valence-corrected chi connectivity index (χ2v) is 4.08. The van der Waals surface area contributed by atoms with Crippen molar-refractivity contribution < 1.29 is 0 Å². The van der Waals surface area contributed by atoms with Crippen molar-refractivity contribution in [3.63, 3.8) is 0 Å². The first-order valence-corrected chi connectivity index (χ1v) is 6.20. The highest BCUT2D eigenvalue weighted by molar-refractivity contribution is 4.63. The summed E-state index contributed by atoms with van der Waals surface area (Å²) in [6, 6.07) is 0.667. The lowest BCUT2D eigenvalue weighted by Crippen LogP contribution is -2.33. The molecule has 0 aromatic heterocycles. The summed E-state index contributed by atoms with van der Waals surface area (Å²) < 4.78 is 0. The van der Waals surface area contributed by atoms with Crippen LogP contribution in [0.3, 0.4) is 0 Å². The van der Waals surface area contributed by atoms with E-state index in [9.17, 15) is 0 Å². The van der Waals surface area contributed by atoms with Crippen molar-refractivity contribution in [2.45, 2.75) is 53.0 Å². The van der Waals surface area contributed by atoms with Gasteiger partial charge in [0.15, 0.2) is 0 Å². The smallest absolute Gasteiger partial charge is 0.00508 e. The molecule has 0 aliphatic carbocycles. The van der Waals surface area contributed by atoms with Gasteiger partial charge in [-0.05, 0) is 52.4 Å². The van der Waals surface area contributed by atoms with Crippen molar-refractivity contribution in [2.24, 2.45) is 0 Å². The van der Waals surface area contributed by atoms with Crippen molar-refractivity contribution in [3.05, 3.63) is 0 Å². The molecule has 0 rings (SSSR count). The van der Waals surface area contributed by atoms with Crippen LogP contribution in [0.4, 0.5) is 0 Å². The predicted octanol–water partition coefficient (Wildman–Crippen LogP) is 2.50. The van der Waals surface area contributed by atoms with Crippen molar-refractivity contribution in [2.75, 3.05) is 26.2 Å².